The van der Waals surface area contributed by atoms with E-state index in [4.69, 9.17) is 0 Å². The molecule has 20 heavy (non-hydrogen) atoms. The molecule has 1 aromatic heterocycles. The zero-order valence-corrected chi connectivity index (χ0v) is 12.1. The lowest BCUT2D eigenvalue weighted by Gasteiger charge is -2.19. The summed E-state index contributed by atoms with van der Waals surface area (Å²) >= 11 is 0. The highest BCUT2D eigenvalue weighted by Crippen LogP contribution is 2.26. The van der Waals surface area contributed by atoms with E-state index in [1.807, 2.05) is 36.5 Å². The maximum Gasteiger partial charge on any atom is 0.159 e. The third-order valence-electron chi connectivity index (χ3n) is 3.48. The first-order valence-corrected chi connectivity index (χ1v) is 6.87. The van der Waals surface area contributed by atoms with E-state index in [2.05, 4.69) is 48.9 Å². The minimum Gasteiger partial charge on any atom is -0.236 e. The van der Waals surface area contributed by atoms with Crippen LogP contribution >= 0.6 is 0 Å². The number of nitrogens with zero attached hydrogens (tertiary/aromatic N) is 2. The van der Waals surface area contributed by atoms with Gasteiger partial charge in [-0.2, -0.15) is 0 Å². The van der Waals surface area contributed by atoms with Crippen LogP contribution in [-0.4, -0.2) is 9.97 Å². The van der Waals surface area contributed by atoms with Crippen LogP contribution in [0.3, 0.4) is 0 Å². The topological polar surface area (TPSA) is 25.8 Å². The minimum absolute atomic E-state index is 0.145. The molecule has 0 aliphatic heterocycles. The van der Waals surface area contributed by atoms with Gasteiger partial charge in [-0.15, -0.1) is 0 Å². The van der Waals surface area contributed by atoms with Gasteiger partial charge in [-0.1, -0.05) is 57.2 Å². The number of rotatable bonds is 1. The fourth-order valence-electron chi connectivity index (χ4n) is 2.23. The number of aromatic nitrogens is 2. The maximum absolute atomic E-state index is 4.66. The molecule has 0 amide bonds. The Morgan fingerprint density at radius 3 is 2.35 bits per heavy atom. The van der Waals surface area contributed by atoms with Crippen molar-refractivity contribution in [1.82, 2.24) is 9.97 Å². The summed E-state index contributed by atoms with van der Waals surface area (Å²) in [6.07, 6.45) is 1.92. The Morgan fingerprint density at radius 1 is 0.900 bits per heavy atom. The van der Waals surface area contributed by atoms with Crippen molar-refractivity contribution in [2.24, 2.45) is 0 Å². The van der Waals surface area contributed by atoms with E-state index in [0.29, 0.717) is 0 Å². The third-order valence-corrected chi connectivity index (χ3v) is 3.48. The van der Waals surface area contributed by atoms with E-state index < -0.39 is 0 Å². The Morgan fingerprint density at radius 2 is 1.65 bits per heavy atom. The Bertz CT molecular complexity index is 740. The molecule has 0 bridgehead atoms. The van der Waals surface area contributed by atoms with E-state index in [0.717, 1.165) is 22.3 Å². The van der Waals surface area contributed by atoms with E-state index >= 15 is 0 Å². The van der Waals surface area contributed by atoms with Gasteiger partial charge in [0.1, 0.15) is 0 Å². The molecule has 2 nitrogen and oxygen atoms in total. The van der Waals surface area contributed by atoms with Gasteiger partial charge >= 0.3 is 0 Å². The standard InChI is InChI=1S/C18H18N2/c1-18(2,3)15-9-10-16-14(11-15)12-19-17(20-16)13-7-5-4-6-8-13/h4-12H,1-3H3. The average Bonchev–Trinajstić information content (AvgIpc) is 2.46. The van der Waals surface area contributed by atoms with Crippen molar-refractivity contribution >= 4 is 10.9 Å². The first-order valence-electron chi connectivity index (χ1n) is 6.87. The van der Waals surface area contributed by atoms with E-state index in [9.17, 15) is 0 Å². The van der Waals surface area contributed by atoms with Crippen LogP contribution in [-0.2, 0) is 5.41 Å². The molecule has 0 saturated heterocycles. The van der Waals surface area contributed by atoms with Crippen LogP contribution in [0.1, 0.15) is 26.3 Å². The van der Waals surface area contributed by atoms with Crippen molar-refractivity contribution in [2.75, 3.05) is 0 Å². The monoisotopic (exact) mass is 262 g/mol. The van der Waals surface area contributed by atoms with Gasteiger partial charge in [0, 0.05) is 17.1 Å². The van der Waals surface area contributed by atoms with Crippen molar-refractivity contribution in [3.05, 3.63) is 60.3 Å². The second kappa shape index (κ2) is 4.71. The lowest BCUT2D eigenvalue weighted by molar-refractivity contribution is 0.591. The Kier molecular flexibility index (Phi) is 3.01. The average molecular weight is 262 g/mol. The summed E-state index contributed by atoms with van der Waals surface area (Å²) in [5.41, 5.74) is 3.49. The number of hydrogen-bond acceptors (Lipinski definition) is 2. The fourth-order valence-corrected chi connectivity index (χ4v) is 2.23. The molecule has 2 heteroatoms. The summed E-state index contributed by atoms with van der Waals surface area (Å²) in [5, 5.41) is 1.09. The fraction of sp³-hybridized carbons (Fsp3) is 0.222. The first-order chi connectivity index (χ1) is 9.54. The molecule has 0 saturated carbocycles. The molecule has 0 fully saturated rings. The van der Waals surface area contributed by atoms with Gasteiger partial charge in [0.05, 0.1) is 5.52 Å². The normalized spacial score (nSPS) is 11.8. The van der Waals surface area contributed by atoms with Crippen LogP contribution < -0.4 is 0 Å². The molecule has 0 aliphatic carbocycles. The van der Waals surface area contributed by atoms with Crippen LogP contribution in [0.2, 0.25) is 0 Å². The van der Waals surface area contributed by atoms with Crippen LogP contribution in [0, 0.1) is 0 Å². The summed E-state index contributed by atoms with van der Waals surface area (Å²) in [6, 6.07) is 16.5. The summed E-state index contributed by atoms with van der Waals surface area (Å²) in [6.45, 7) is 6.65. The molecule has 0 N–H and O–H groups in total. The van der Waals surface area contributed by atoms with E-state index in [-0.39, 0.29) is 5.41 Å². The second-order valence-electron chi connectivity index (χ2n) is 6.08. The van der Waals surface area contributed by atoms with Crippen LogP contribution in [0.15, 0.2) is 54.7 Å². The zero-order chi connectivity index (χ0) is 14.2. The molecule has 0 radical (unpaired) electrons. The molecule has 0 atom stereocenters. The highest BCUT2D eigenvalue weighted by molar-refractivity contribution is 5.80. The lowest BCUT2D eigenvalue weighted by atomic mass is 9.86. The molecular weight excluding hydrogens is 244 g/mol. The summed E-state index contributed by atoms with van der Waals surface area (Å²) < 4.78 is 0. The van der Waals surface area contributed by atoms with Crippen molar-refractivity contribution in [3.8, 4) is 11.4 Å². The van der Waals surface area contributed by atoms with E-state index in [1.54, 1.807) is 0 Å². The van der Waals surface area contributed by atoms with Gasteiger partial charge in [-0.25, -0.2) is 9.97 Å². The van der Waals surface area contributed by atoms with Gasteiger partial charge in [0.15, 0.2) is 5.82 Å². The Hall–Kier alpha value is -2.22. The number of hydrogen-bond donors (Lipinski definition) is 0. The summed E-state index contributed by atoms with van der Waals surface area (Å²) in [4.78, 5) is 9.15. The van der Waals surface area contributed by atoms with Crippen molar-refractivity contribution in [1.29, 1.82) is 0 Å². The lowest BCUT2D eigenvalue weighted by Crippen LogP contribution is -2.10. The maximum atomic E-state index is 4.66. The molecule has 3 aromatic rings. The van der Waals surface area contributed by atoms with Crippen molar-refractivity contribution in [2.45, 2.75) is 26.2 Å². The SMILES string of the molecule is CC(C)(C)c1ccc2nc(-c3ccccc3)ncc2c1. The van der Waals surface area contributed by atoms with Crippen LogP contribution in [0.25, 0.3) is 22.3 Å². The van der Waals surface area contributed by atoms with Gasteiger partial charge in [-0.3, -0.25) is 0 Å². The van der Waals surface area contributed by atoms with Crippen molar-refractivity contribution in [3.63, 3.8) is 0 Å². The van der Waals surface area contributed by atoms with E-state index in [1.165, 1.54) is 5.56 Å². The molecular formula is C18H18N2. The van der Waals surface area contributed by atoms with Crippen LogP contribution in [0.5, 0.6) is 0 Å². The highest BCUT2D eigenvalue weighted by Gasteiger charge is 2.14. The highest BCUT2D eigenvalue weighted by atomic mass is 14.9. The van der Waals surface area contributed by atoms with Gasteiger partial charge < -0.3 is 0 Å². The molecule has 1 heterocycles. The summed E-state index contributed by atoms with van der Waals surface area (Å²) in [7, 11) is 0. The Labute approximate surface area is 119 Å². The molecule has 0 spiro atoms. The molecule has 100 valence electrons. The Balaban J connectivity index is 2.10. The largest absolute Gasteiger partial charge is 0.236 e. The van der Waals surface area contributed by atoms with Crippen molar-refractivity contribution < 1.29 is 0 Å². The van der Waals surface area contributed by atoms with Crippen LogP contribution in [0.4, 0.5) is 0 Å². The predicted molar refractivity (Wildman–Crippen MR) is 83.7 cm³/mol. The van der Waals surface area contributed by atoms with Gasteiger partial charge in [0.25, 0.3) is 0 Å². The third kappa shape index (κ3) is 2.42. The minimum atomic E-state index is 0.145. The number of benzene rings is 2. The smallest absolute Gasteiger partial charge is 0.159 e. The molecule has 0 aliphatic rings. The second-order valence-corrected chi connectivity index (χ2v) is 6.08. The quantitative estimate of drug-likeness (QED) is 0.640. The predicted octanol–water partition coefficient (Wildman–Crippen LogP) is 4.59. The first kappa shape index (κ1) is 12.8. The molecule has 3 rings (SSSR count). The summed E-state index contributed by atoms with van der Waals surface area (Å²) in [5.74, 6) is 0.779. The molecule has 0 unspecified atom stereocenters. The zero-order valence-electron chi connectivity index (χ0n) is 12.1. The number of fused-ring (bicyclic) bond motifs is 1. The molecule has 2 aromatic carbocycles. The van der Waals surface area contributed by atoms with Gasteiger partial charge in [-0.05, 0) is 23.1 Å². The van der Waals surface area contributed by atoms with Gasteiger partial charge in [0.2, 0.25) is 0 Å².